The summed E-state index contributed by atoms with van der Waals surface area (Å²) in [7, 11) is 2.12. The monoisotopic (exact) mass is 736 g/mol. The molecule has 0 radical (unpaired) electrons. The molecule has 3 N–H and O–H groups in total. The van der Waals surface area contributed by atoms with Crippen LogP contribution in [0.5, 0.6) is 11.5 Å². The van der Waals surface area contributed by atoms with Gasteiger partial charge in [0.2, 0.25) is 11.8 Å². The lowest BCUT2D eigenvalue weighted by Gasteiger charge is -2.37. The number of rotatable bonds is 9. The second-order valence-corrected chi connectivity index (χ2v) is 13.9. The van der Waals surface area contributed by atoms with E-state index in [9.17, 15) is 19.2 Å². The minimum absolute atomic E-state index is 0.183. The zero-order valence-corrected chi connectivity index (χ0v) is 29.2. The summed E-state index contributed by atoms with van der Waals surface area (Å²) < 4.78 is 6.78. The first-order valence-corrected chi connectivity index (χ1v) is 17.5. The number of para-hydroxylation sites is 1. The molecule has 11 nitrogen and oxygen atoms in total. The maximum Gasteiger partial charge on any atom is 0.255 e. The Kier molecular flexibility index (Phi) is 9.39. The summed E-state index contributed by atoms with van der Waals surface area (Å²) in [4.78, 5) is 60.8. The van der Waals surface area contributed by atoms with E-state index in [-0.39, 0.29) is 18.2 Å². The predicted molar refractivity (Wildman–Crippen MR) is 192 cm³/mol. The number of hydrogen-bond acceptors (Lipinski definition) is 8. The molecule has 0 bridgehead atoms. The maximum atomic E-state index is 13.2. The number of halogens is 1. The van der Waals surface area contributed by atoms with Crippen molar-refractivity contribution in [1.82, 2.24) is 20.1 Å². The number of primary amides is 1. The summed E-state index contributed by atoms with van der Waals surface area (Å²) >= 11 is 3.69. The largest absolute Gasteiger partial charge is 0.457 e. The Morgan fingerprint density at radius 2 is 1.70 bits per heavy atom. The molecule has 0 aliphatic carbocycles. The first kappa shape index (κ1) is 33.4. The highest BCUT2D eigenvalue weighted by atomic mass is 79.9. The Labute approximate surface area is 298 Å². The number of imide groups is 1. The predicted octanol–water partition coefficient (Wildman–Crippen LogP) is 5.26. The van der Waals surface area contributed by atoms with Gasteiger partial charge in [0.1, 0.15) is 23.4 Å². The average Bonchev–Trinajstić information content (AvgIpc) is 3.43. The summed E-state index contributed by atoms with van der Waals surface area (Å²) in [5.41, 5.74) is 9.98. The highest BCUT2D eigenvalue weighted by molar-refractivity contribution is 9.10. The van der Waals surface area contributed by atoms with Crippen LogP contribution in [-0.4, -0.2) is 70.6 Å². The highest BCUT2D eigenvalue weighted by Gasteiger charge is 2.39. The molecule has 7 rings (SSSR count). The quantitative estimate of drug-likeness (QED) is 0.222. The van der Waals surface area contributed by atoms with Crippen LogP contribution in [0.3, 0.4) is 0 Å². The molecule has 12 heteroatoms. The average molecular weight is 738 g/mol. The molecule has 0 spiro atoms. The van der Waals surface area contributed by atoms with Gasteiger partial charge in [-0.25, -0.2) is 4.98 Å². The molecule has 1 aromatic heterocycles. The zero-order valence-electron chi connectivity index (χ0n) is 27.6. The first-order valence-electron chi connectivity index (χ1n) is 16.7. The number of fused-ring (bicyclic) bond motifs is 1. The third kappa shape index (κ3) is 6.86. The summed E-state index contributed by atoms with van der Waals surface area (Å²) in [5.74, 6) is 0.785. The molecular weight excluding hydrogens is 700 g/mol. The molecule has 1 atom stereocenters. The van der Waals surface area contributed by atoms with Crippen LogP contribution in [0.4, 0.5) is 5.82 Å². The molecule has 2 saturated heterocycles. The molecule has 256 valence electrons. The van der Waals surface area contributed by atoms with Crippen molar-refractivity contribution in [2.45, 2.75) is 50.9 Å². The lowest BCUT2D eigenvalue weighted by atomic mass is 10.0. The third-order valence-electron chi connectivity index (χ3n) is 9.77. The summed E-state index contributed by atoms with van der Waals surface area (Å²) in [6.45, 7) is 2.62. The number of carbonyl (C=O) groups excluding carboxylic acids is 4. The molecule has 50 heavy (non-hydrogen) atoms. The van der Waals surface area contributed by atoms with Crippen molar-refractivity contribution in [2.75, 3.05) is 25.0 Å². The normalized spacial score (nSPS) is 18.0. The van der Waals surface area contributed by atoms with Crippen LogP contribution < -0.4 is 20.7 Å². The van der Waals surface area contributed by atoms with Gasteiger partial charge in [-0.2, -0.15) is 0 Å². The molecule has 3 aromatic carbocycles. The van der Waals surface area contributed by atoms with Crippen molar-refractivity contribution in [2.24, 2.45) is 5.73 Å². The second kappa shape index (κ2) is 14.0. The number of carbonyl (C=O) groups is 4. The molecule has 4 aromatic rings. The highest BCUT2D eigenvalue weighted by Crippen LogP contribution is 2.34. The van der Waals surface area contributed by atoms with Crippen LogP contribution in [0.15, 0.2) is 83.3 Å². The molecule has 3 aliphatic rings. The van der Waals surface area contributed by atoms with Crippen molar-refractivity contribution < 1.29 is 23.9 Å². The van der Waals surface area contributed by atoms with Gasteiger partial charge in [-0.3, -0.25) is 29.4 Å². The number of ether oxygens (including phenoxy) is 1. The number of aromatic nitrogens is 1. The minimum atomic E-state index is -0.639. The van der Waals surface area contributed by atoms with E-state index in [1.54, 1.807) is 11.0 Å². The van der Waals surface area contributed by atoms with Crippen LogP contribution in [0.2, 0.25) is 0 Å². The van der Waals surface area contributed by atoms with Gasteiger partial charge >= 0.3 is 0 Å². The van der Waals surface area contributed by atoms with Gasteiger partial charge in [0.25, 0.3) is 11.8 Å². The number of anilines is 1. The van der Waals surface area contributed by atoms with E-state index in [0.29, 0.717) is 48.1 Å². The van der Waals surface area contributed by atoms with Crippen LogP contribution in [-0.2, 0) is 22.7 Å². The number of nitrogens with zero attached hydrogens (tertiary/aromatic N) is 4. The van der Waals surface area contributed by atoms with Crippen molar-refractivity contribution in [3.8, 4) is 22.8 Å². The summed E-state index contributed by atoms with van der Waals surface area (Å²) in [6, 6.07) is 24.2. The Hall–Kier alpha value is -5.07. The van der Waals surface area contributed by atoms with E-state index < -0.39 is 17.9 Å². The Balaban J connectivity index is 0.997. The van der Waals surface area contributed by atoms with E-state index >= 15 is 0 Å². The molecule has 3 aliphatic heterocycles. The van der Waals surface area contributed by atoms with Gasteiger partial charge < -0.3 is 20.3 Å². The number of piperidine rings is 2. The molecule has 0 saturated carbocycles. The van der Waals surface area contributed by atoms with Crippen LogP contribution >= 0.6 is 15.9 Å². The summed E-state index contributed by atoms with van der Waals surface area (Å²) in [6.07, 6.45) is 2.40. The van der Waals surface area contributed by atoms with E-state index in [1.807, 2.05) is 66.7 Å². The molecule has 4 amide bonds. The lowest BCUT2D eigenvalue weighted by molar-refractivity contribution is -0.136. The molecule has 4 heterocycles. The second-order valence-electron chi connectivity index (χ2n) is 13.0. The number of benzene rings is 3. The molecule has 1 unspecified atom stereocenters. The van der Waals surface area contributed by atoms with E-state index in [0.717, 1.165) is 58.7 Å². The Morgan fingerprint density at radius 1 is 0.980 bits per heavy atom. The molecule has 2 fully saturated rings. The van der Waals surface area contributed by atoms with Gasteiger partial charge in [0.15, 0.2) is 0 Å². The van der Waals surface area contributed by atoms with Crippen molar-refractivity contribution in [3.63, 3.8) is 0 Å². The van der Waals surface area contributed by atoms with Crippen LogP contribution in [0.25, 0.3) is 11.3 Å². The summed E-state index contributed by atoms with van der Waals surface area (Å²) in [5, 5.41) is 2.36. The first-order chi connectivity index (χ1) is 24.1. The van der Waals surface area contributed by atoms with E-state index in [4.69, 9.17) is 15.5 Å². The minimum Gasteiger partial charge on any atom is -0.457 e. The van der Waals surface area contributed by atoms with Crippen molar-refractivity contribution in [3.05, 3.63) is 106 Å². The standard InChI is InChI=1S/C38H37BrN6O5/c1-43(21-25-19-24-22-45(38(49)30(24)20-31(25)39)32-12-14-34(46)42-37(32)48)26-15-17-44(18-16-26)33-13-11-29(36(40)47)35(41-33)23-7-9-28(10-8-23)50-27-5-3-2-4-6-27/h2-11,13,19-20,26,32H,12,14-18,21-22H2,1H3,(H2,40,47)(H,42,46,48). The van der Waals surface area contributed by atoms with Gasteiger partial charge in [0.05, 0.1) is 11.3 Å². The zero-order chi connectivity index (χ0) is 34.9. The third-order valence-corrected chi connectivity index (χ3v) is 10.5. The van der Waals surface area contributed by atoms with Gasteiger partial charge in [-0.15, -0.1) is 0 Å². The van der Waals surface area contributed by atoms with Gasteiger partial charge in [0, 0.05) is 54.2 Å². The number of hydrogen-bond donors (Lipinski definition) is 2. The Bertz CT molecular complexity index is 1960. The van der Waals surface area contributed by atoms with Crippen LogP contribution in [0.1, 0.15) is 57.5 Å². The van der Waals surface area contributed by atoms with E-state index in [2.05, 4.69) is 44.2 Å². The fourth-order valence-electron chi connectivity index (χ4n) is 7.04. The SMILES string of the molecule is CN(Cc1cc2c(cc1Br)C(=O)N(C1CCC(=O)NC1=O)C2)C1CCN(c2ccc(C(N)=O)c(-c3ccc(Oc4ccccc4)cc3)n2)CC1. The fraction of sp³-hybridized carbons (Fsp3) is 0.289. The number of amides is 4. The number of nitrogens with two attached hydrogens (primary N) is 1. The fourth-order valence-corrected chi connectivity index (χ4v) is 7.51. The Morgan fingerprint density at radius 3 is 2.40 bits per heavy atom. The smallest absolute Gasteiger partial charge is 0.255 e. The van der Waals surface area contributed by atoms with Gasteiger partial charge in [-0.1, -0.05) is 40.2 Å². The maximum absolute atomic E-state index is 13.2. The molecular formula is C38H37BrN6O5. The van der Waals surface area contributed by atoms with Crippen molar-refractivity contribution >= 4 is 45.4 Å². The van der Waals surface area contributed by atoms with Crippen LogP contribution in [0, 0.1) is 0 Å². The van der Waals surface area contributed by atoms with E-state index in [1.165, 1.54) is 0 Å². The lowest BCUT2D eigenvalue weighted by Crippen LogP contribution is -2.52. The van der Waals surface area contributed by atoms with Crippen molar-refractivity contribution in [1.29, 1.82) is 0 Å². The number of nitrogens with one attached hydrogen (secondary N) is 1. The van der Waals surface area contributed by atoms with Gasteiger partial charge in [-0.05, 0) is 92.0 Å². The topological polar surface area (TPSA) is 138 Å². The number of pyridine rings is 1.